The molecular weight excluding hydrogens is 254 g/mol. The molecule has 1 aromatic rings. The highest BCUT2D eigenvalue weighted by Crippen LogP contribution is 2.02. The van der Waals surface area contributed by atoms with E-state index in [-0.39, 0.29) is 0 Å². The van der Waals surface area contributed by atoms with Crippen LogP contribution >= 0.6 is 0 Å². The van der Waals surface area contributed by atoms with Gasteiger partial charge in [-0.15, -0.1) is 0 Å². The maximum atomic E-state index is 12.0. The van der Waals surface area contributed by atoms with Gasteiger partial charge in [0.25, 0.3) is 0 Å². The number of piperazine rings is 1. The van der Waals surface area contributed by atoms with Gasteiger partial charge < -0.3 is 15.1 Å². The van der Waals surface area contributed by atoms with E-state index in [1.54, 1.807) is 4.90 Å². The van der Waals surface area contributed by atoms with E-state index in [9.17, 15) is 9.59 Å². The number of hydrogen-bond donors (Lipinski definition) is 1. The normalized spacial score (nSPS) is 15.9. The van der Waals surface area contributed by atoms with Crippen LogP contribution in [0.4, 0.5) is 0 Å². The molecule has 0 bridgehead atoms. The fourth-order valence-electron chi connectivity index (χ4n) is 2.26. The third-order valence-electron chi connectivity index (χ3n) is 3.60. The Morgan fingerprint density at radius 2 is 1.75 bits per heavy atom. The Labute approximate surface area is 119 Å². The second-order valence-electron chi connectivity index (χ2n) is 4.89. The highest BCUT2D eigenvalue weighted by molar-refractivity contribution is 6.34. The monoisotopic (exact) mass is 275 g/mol. The van der Waals surface area contributed by atoms with E-state index in [4.69, 9.17) is 0 Å². The van der Waals surface area contributed by atoms with Crippen LogP contribution in [0.15, 0.2) is 30.3 Å². The third kappa shape index (κ3) is 3.81. The molecule has 1 saturated heterocycles. The molecule has 1 aromatic carbocycles. The molecule has 1 aliphatic heterocycles. The Morgan fingerprint density at radius 3 is 2.35 bits per heavy atom. The molecule has 0 saturated carbocycles. The Kier molecular flexibility index (Phi) is 5.12. The summed E-state index contributed by atoms with van der Waals surface area (Å²) in [6, 6.07) is 9.58. The Balaban J connectivity index is 1.79. The van der Waals surface area contributed by atoms with Crippen molar-refractivity contribution in [1.29, 1.82) is 0 Å². The van der Waals surface area contributed by atoms with Crippen molar-refractivity contribution in [3.8, 4) is 0 Å². The zero-order valence-corrected chi connectivity index (χ0v) is 11.8. The minimum absolute atomic E-state index is 0.389. The number of benzene rings is 1. The maximum Gasteiger partial charge on any atom is 0.311 e. The first-order valence-corrected chi connectivity index (χ1v) is 7.04. The molecule has 1 aliphatic rings. The summed E-state index contributed by atoms with van der Waals surface area (Å²) in [5.74, 6) is -0.935. The zero-order valence-electron chi connectivity index (χ0n) is 11.8. The van der Waals surface area contributed by atoms with Gasteiger partial charge in [0.1, 0.15) is 0 Å². The van der Waals surface area contributed by atoms with E-state index >= 15 is 0 Å². The number of nitrogens with zero attached hydrogens (tertiary/aromatic N) is 2. The molecule has 0 aliphatic carbocycles. The van der Waals surface area contributed by atoms with Crippen LogP contribution in [-0.2, 0) is 16.1 Å². The van der Waals surface area contributed by atoms with E-state index in [1.807, 2.05) is 30.3 Å². The lowest BCUT2D eigenvalue weighted by molar-refractivity contribution is -0.147. The summed E-state index contributed by atoms with van der Waals surface area (Å²) in [4.78, 5) is 27.8. The number of hydrogen-bond acceptors (Lipinski definition) is 3. The number of rotatable bonds is 3. The van der Waals surface area contributed by atoms with Crippen molar-refractivity contribution in [1.82, 2.24) is 15.1 Å². The van der Waals surface area contributed by atoms with Crippen LogP contribution in [0.3, 0.4) is 0 Å². The fourth-order valence-corrected chi connectivity index (χ4v) is 2.26. The predicted molar refractivity (Wildman–Crippen MR) is 77.0 cm³/mol. The molecule has 0 unspecified atom stereocenters. The summed E-state index contributed by atoms with van der Waals surface area (Å²) >= 11 is 0. The predicted octanol–water partition coefficient (Wildman–Crippen LogP) is 0.467. The average Bonchev–Trinajstić information content (AvgIpc) is 2.53. The Hall–Kier alpha value is -1.88. The first-order valence-electron chi connectivity index (χ1n) is 7.04. The summed E-state index contributed by atoms with van der Waals surface area (Å²) < 4.78 is 0. The second-order valence-corrected chi connectivity index (χ2v) is 4.89. The molecule has 1 fully saturated rings. The van der Waals surface area contributed by atoms with Crippen molar-refractivity contribution in [3.63, 3.8) is 0 Å². The molecule has 0 atom stereocenters. The molecule has 108 valence electrons. The Morgan fingerprint density at radius 1 is 1.10 bits per heavy atom. The van der Waals surface area contributed by atoms with Crippen LogP contribution in [0.5, 0.6) is 0 Å². The van der Waals surface area contributed by atoms with Gasteiger partial charge in [0.05, 0.1) is 0 Å². The summed E-state index contributed by atoms with van der Waals surface area (Å²) in [7, 11) is 0. The lowest BCUT2D eigenvalue weighted by Crippen LogP contribution is -2.52. The SMILES string of the molecule is CCN1CCN(C(=O)C(=O)NCc2ccccc2)CC1. The average molecular weight is 275 g/mol. The van der Waals surface area contributed by atoms with Crippen molar-refractivity contribution in [3.05, 3.63) is 35.9 Å². The molecule has 5 nitrogen and oxygen atoms in total. The van der Waals surface area contributed by atoms with Gasteiger partial charge in [0, 0.05) is 32.7 Å². The van der Waals surface area contributed by atoms with Crippen molar-refractivity contribution >= 4 is 11.8 Å². The highest BCUT2D eigenvalue weighted by atomic mass is 16.2. The van der Waals surface area contributed by atoms with Gasteiger partial charge in [-0.3, -0.25) is 9.59 Å². The quantitative estimate of drug-likeness (QED) is 0.816. The van der Waals surface area contributed by atoms with Crippen LogP contribution < -0.4 is 5.32 Å². The lowest BCUT2D eigenvalue weighted by atomic mass is 10.2. The van der Waals surface area contributed by atoms with Crippen molar-refractivity contribution in [2.24, 2.45) is 0 Å². The van der Waals surface area contributed by atoms with Gasteiger partial charge in [-0.2, -0.15) is 0 Å². The number of likely N-dealkylation sites (N-methyl/N-ethyl adjacent to an activating group) is 1. The zero-order chi connectivity index (χ0) is 14.4. The maximum absolute atomic E-state index is 12.0. The molecule has 1 heterocycles. The molecule has 2 rings (SSSR count). The summed E-state index contributed by atoms with van der Waals surface area (Å²) in [5, 5.41) is 2.68. The van der Waals surface area contributed by atoms with Gasteiger partial charge in [-0.05, 0) is 12.1 Å². The number of carbonyl (C=O) groups is 2. The molecule has 1 N–H and O–H groups in total. The topological polar surface area (TPSA) is 52.7 Å². The van der Waals surface area contributed by atoms with E-state index in [1.165, 1.54) is 0 Å². The minimum Gasteiger partial charge on any atom is -0.344 e. The second kappa shape index (κ2) is 7.05. The largest absolute Gasteiger partial charge is 0.344 e. The molecule has 5 heteroatoms. The van der Waals surface area contributed by atoms with E-state index in [0.29, 0.717) is 19.6 Å². The van der Waals surface area contributed by atoms with Crippen molar-refractivity contribution < 1.29 is 9.59 Å². The first-order chi connectivity index (χ1) is 9.70. The molecule has 0 aromatic heterocycles. The summed E-state index contributed by atoms with van der Waals surface area (Å²) in [6.07, 6.45) is 0. The van der Waals surface area contributed by atoms with Crippen LogP contribution in [0, 0.1) is 0 Å². The molecule has 0 spiro atoms. The molecule has 2 amide bonds. The molecule has 20 heavy (non-hydrogen) atoms. The van der Waals surface area contributed by atoms with Gasteiger partial charge >= 0.3 is 11.8 Å². The number of carbonyl (C=O) groups excluding carboxylic acids is 2. The van der Waals surface area contributed by atoms with Crippen LogP contribution in [0.1, 0.15) is 12.5 Å². The van der Waals surface area contributed by atoms with Gasteiger partial charge in [-0.1, -0.05) is 37.3 Å². The van der Waals surface area contributed by atoms with Gasteiger partial charge in [-0.25, -0.2) is 0 Å². The minimum atomic E-state index is -0.515. The number of nitrogens with one attached hydrogen (secondary N) is 1. The van der Waals surface area contributed by atoms with E-state index in [0.717, 1.165) is 25.2 Å². The summed E-state index contributed by atoms with van der Waals surface area (Å²) in [5.41, 5.74) is 0.990. The van der Waals surface area contributed by atoms with Crippen LogP contribution in [0.25, 0.3) is 0 Å². The number of amides is 2. The third-order valence-corrected chi connectivity index (χ3v) is 3.60. The molecule has 0 radical (unpaired) electrons. The fraction of sp³-hybridized carbons (Fsp3) is 0.467. The first kappa shape index (κ1) is 14.5. The van der Waals surface area contributed by atoms with Gasteiger partial charge in [0.2, 0.25) is 0 Å². The van der Waals surface area contributed by atoms with Crippen molar-refractivity contribution in [2.75, 3.05) is 32.7 Å². The smallest absolute Gasteiger partial charge is 0.311 e. The molecular formula is C15H21N3O2. The van der Waals surface area contributed by atoms with E-state index in [2.05, 4.69) is 17.1 Å². The van der Waals surface area contributed by atoms with E-state index < -0.39 is 11.8 Å². The standard InChI is InChI=1S/C15H21N3O2/c1-2-17-8-10-18(11-9-17)15(20)14(19)16-12-13-6-4-3-5-7-13/h3-7H,2,8-12H2,1H3,(H,16,19). The van der Waals surface area contributed by atoms with Gasteiger partial charge in [0.15, 0.2) is 0 Å². The highest BCUT2D eigenvalue weighted by Gasteiger charge is 2.25. The Bertz CT molecular complexity index is 453. The van der Waals surface area contributed by atoms with Crippen LogP contribution in [-0.4, -0.2) is 54.3 Å². The summed E-state index contributed by atoms with van der Waals surface area (Å²) in [6.45, 7) is 6.42. The lowest BCUT2D eigenvalue weighted by Gasteiger charge is -2.33. The van der Waals surface area contributed by atoms with Crippen molar-refractivity contribution in [2.45, 2.75) is 13.5 Å². The van der Waals surface area contributed by atoms with Crippen LogP contribution in [0.2, 0.25) is 0 Å².